The van der Waals surface area contributed by atoms with Crippen LogP contribution >= 0.6 is 11.8 Å². The fraction of sp³-hybridized carbons (Fsp3) is 0.417. The fourth-order valence-corrected chi connectivity index (χ4v) is 4.88. The highest BCUT2D eigenvalue weighted by Crippen LogP contribution is 2.42. The lowest BCUT2D eigenvalue weighted by Crippen LogP contribution is -2.28. The predicted molar refractivity (Wildman–Crippen MR) is 122 cm³/mol. The molecular weight excluding hydrogens is 380 g/mol. The largest absolute Gasteiger partial charge is 0.326 e. The van der Waals surface area contributed by atoms with Crippen LogP contribution in [0, 0.1) is 12.8 Å². The van der Waals surface area contributed by atoms with Crippen LogP contribution in [0.1, 0.15) is 56.0 Å². The number of amides is 2. The minimum atomic E-state index is -0.0804. The lowest BCUT2D eigenvalue weighted by atomic mass is 9.98. The number of thioether (sulfide) groups is 1. The van der Waals surface area contributed by atoms with Gasteiger partial charge in [0.15, 0.2) is 0 Å². The molecule has 154 valence electrons. The van der Waals surface area contributed by atoms with Crippen molar-refractivity contribution in [2.24, 2.45) is 5.92 Å². The zero-order chi connectivity index (χ0) is 20.8. The van der Waals surface area contributed by atoms with Crippen LogP contribution in [-0.4, -0.2) is 17.6 Å². The number of anilines is 2. The number of aryl methyl sites for hydroxylation is 1. The smallest absolute Gasteiger partial charge is 0.238 e. The molecule has 1 saturated heterocycles. The van der Waals surface area contributed by atoms with Crippen molar-refractivity contribution in [3.8, 4) is 0 Å². The van der Waals surface area contributed by atoms with E-state index in [2.05, 4.69) is 19.2 Å². The van der Waals surface area contributed by atoms with Crippen LogP contribution in [0.4, 0.5) is 11.4 Å². The first-order valence-corrected chi connectivity index (χ1v) is 11.5. The molecule has 0 bridgehead atoms. The standard InChI is InChI=1S/C24H30N2O2S/c1-4-6-10-18(5-2)23(28)25-20-12-8-11-19(15-20)24-26(22(27)16-29-24)21-13-7-9-17(3)14-21/h7-9,11-15,18,24H,4-6,10,16H2,1-3H3,(H,25,28). The fourth-order valence-electron chi connectivity index (χ4n) is 3.71. The summed E-state index contributed by atoms with van der Waals surface area (Å²) in [6.07, 6.45) is 3.94. The van der Waals surface area contributed by atoms with Crippen LogP contribution in [0.5, 0.6) is 0 Å². The number of nitrogens with one attached hydrogen (secondary N) is 1. The third-order valence-corrected chi connectivity index (χ3v) is 6.57. The molecule has 0 spiro atoms. The van der Waals surface area contributed by atoms with E-state index in [-0.39, 0.29) is 23.1 Å². The molecule has 1 heterocycles. The molecule has 5 heteroatoms. The molecule has 2 aromatic carbocycles. The monoisotopic (exact) mass is 410 g/mol. The summed E-state index contributed by atoms with van der Waals surface area (Å²) in [6.45, 7) is 6.25. The van der Waals surface area contributed by atoms with Crippen molar-refractivity contribution in [1.82, 2.24) is 0 Å². The third-order valence-electron chi connectivity index (χ3n) is 5.36. The van der Waals surface area contributed by atoms with Gasteiger partial charge in [0, 0.05) is 17.3 Å². The SMILES string of the molecule is CCCCC(CC)C(=O)Nc1cccc(C2SCC(=O)N2c2cccc(C)c2)c1. The van der Waals surface area contributed by atoms with E-state index < -0.39 is 0 Å². The summed E-state index contributed by atoms with van der Waals surface area (Å²) in [7, 11) is 0. The van der Waals surface area contributed by atoms with Crippen LogP contribution in [-0.2, 0) is 9.59 Å². The molecule has 0 aliphatic carbocycles. The number of benzene rings is 2. The lowest BCUT2D eigenvalue weighted by Gasteiger charge is -2.25. The number of carbonyl (C=O) groups excluding carboxylic acids is 2. The van der Waals surface area contributed by atoms with Crippen LogP contribution < -0.4 is 10.2 Å². The molecule has 3 rings (SSSR count). The molecule has 2 amide bonds. The van der Waals surface area contributed by atoms with Gasteiger partial charge in [-0.3, -0.25) is 14.5 Å². The molecule has 0 radical (unpaired) electrons. The Morgan fingerprint density at radius 3 is 2.72 bits per heavy atom. The highest BCUT2D eigenvalue weighted by Gasteiger charge is 2.34. The van der Waals surface area contributed by atoms with Gasteiger partial charge in [-0.25, -0.2) is 0 Å². The Balaban J connectivity index is 1.79. The Morgan fingerprint density at radius 2 is 2.00 bits per heavy atom. The van der Waals surface area contributed by atoms with Gasteiger partial charge in [0.25, 0.3) is 0 Å². The second kappa shape index (κ2) is 9.97. The molecule has 4 nitrogen and oxygen atoms in total. The molecule has 1 fully saturated rings. The Morgan fingerprint density at radius 1 is 1.21 bits per heavy atom. The van der Waals surface area contributed by atoms with Gasteiger partial charge >= 0.3 is 0 Å². The van der Waals surface area contributed by atoms with Crippen molar-refractivity contribution < 1.29 is 9.59 Å². The van der Waals surface area contributed by atoms with Crippen LogP contribution in [0.25, 0.3) is 0 Å². The van der Waals surface area contributed by atoms with Crippen molar-refractivity contribution in [1.29, 1.82) is 0 Å². The molecule has 1 N–H and O–H groups in total. The Labute approximate surface area is 178 Å². The van der Waals surface area contributed by atoms with Gasteiger partial charge in [-0.05, 0) is 55.2 Å². The van der Waals surface area contributed by atoms with Gasteiger partial charge in [0.2, 0.25) is 11.8 Å². The summed E-state index contributed by atoms with van der Waals surface area (Å²) in [5, 5.41) is 3.01. The van der Waals surface area contributed by atoms with E-state index in [0.29, 0.717) is 5.75 Å². The second-order valence-corrected chi connectivity index (χ2v) is 8.70. The summed E-state index contributed by atoms with van der Waals surface area (Å²) < 4.78 is 0. The number of carbonyl (C=O) groups is 2. The normalized spacial score (nSPS) is 17.4. The predicted octanol–water partition coefficient (Wildman–Crippen LogP) is 5.93. The maximum Gasteiger partial charge on any atom is 0.238 e. The molecule has 1 aliphatic rings. The third kappa shape index (κ3) is 5.21. The Kier molecular flexibility index (Phi) is 7.37. The van der Waals surface area contributed by atoms with E-state index in [4.69, 9.17) is 0 Å². The average molecular weight is 411 g/mol. The van der Waals surface area contributed by atoms with Gasteiger partial charge in [-0.2, -0.15) is 0 Å². The van der Waals surface area contributed by atoms with Crippen molar-refractivity contribution in [3.05, 3.63) is 59.7 Å². The summed E-state index contributed by atoms with van der Waals surface area (Å²) >= 11 is 1.63. The molecule has 1 aliphatic heterocycles. The van der Waals surface area contributed by atoms with Crippen LogP contribution in [0.15, 0.2) is 48.5 Å². The van der Waals surface area contributed by atoms with Crippen molar-refractivity contribution in [2.75, 3.05) is 16.0 Å². The minimum Gasteiger partial charge on any atom is -0.326 e. The molecule has 2 unspecified atom stereocenters. The molecular formula is C24H30N2O2S. The number of nitrogens with zero attached hydrogens (tertiary/aromatic N) is 1. The first kappa shape index (κ1) is 21.4. The highest BCUT2D eigenvalue weighted by atomic mass is 32.2. The second-order valence-electron chi connectivity index (χ2n) is 7.63. The van der Waals surface area contributed by atoms with Crippen molar-refractivity contribution >= 4 is 35.0 Å². The highest BCUT2D eigenvalue weighted by molar-refractivity contribution is 8.00. The molecule has 2 atom stereocenters. The quantitative estimate of drug-likeness (QED) is 0.587. The summed E-state index contributed by atoms with van der Waals surface area (Å²) in [4.78, 5) is 27.1. The van der Waals surface area contributed by atoms with E-state index in [0.717, 1.165) is 48.2 Å². The topological polar surface area (TPSA) is 49.4 Å². The Hall–Kier alpha value is -2.27. The van der Waals surface area contributed by atoms with Crippen LogP contribution in [0.2, 0.25) is 0 Å². The van der Waals surface area contributed by atoms with E-state index in [1.807, 2.05) is 60.4 Å². The number of hydrogen-bond donors (Lipinski definition) is 1. The van der Waals surface area contributed by atoms with Gasteiger partial charge in [-0.1, -0.05) is 51.0 Å². The van der Waals surface area contributed by atoms with E-state index in [1.54, 1.807) is 11.8 Å². The zero-order valence-electron chi connectivity index (χ0n) is 17.5. The first-order valence-electron chi connectivity index (χ1n) is 10.4. The average Bonchev–Trinajstić information content (AvgIpc) is 3.10. The van der Waals surface area contributed by atoms with Gasteiger partial charge in [0.05, 0.1) is 5.75 Å². The molecule has 29 heavy (non-hydrogen) atoms. The van der Waals surface area contributed by atoms with Gasteiger partial charge < -0.3 is 5.32 Å². The summed E-state index contributed by atoms with van der Waals surface area (Å²) in [6, 6.07) is 16.0. The van der Waals surface area contributed by atoms with E-state index in [1.165, 1.54) is 0 Å². The van der Waals surface area contributed by atoms with Gasteiger partial charge in [0.1, 0.15) is 5.37 Å². The maximum atomic E-state index is 12.7. The molecule has 2 aromatic rings. The van der Waals surface area contributed by atoms with Crippen molar-refractivity contribution in [2.45, 2.75) is 51.8 Å². The minimum absolute atomic E-state index is 0.0461. The lowest BCUT2D eigenvalue weighted by molar-refractivity contribution is -0.120. The summed E-state index contributed by atoms with van der Waals surface area (Å²) in [5.74, 6) is 0.712. The van der Waals surface area contributed by atoms with Crippen LogP contribution in [0.3, 0.4) is 0 Å². The number of hydrogen-bond acceptors (Lipinski definition) is 3. The Bertz CT molecular complexity index is 867. The molecule has 0 saturated carbocycles. The van der Waals surface area contributed by atoms with E-state index in [9.17, 15) is 9.59 Å². The molecule has 0 aromatic heterocycles. The number of unbranched alkanes of at least 4 members (excludes halogenated alkanes) is 1. The first-order chi connectivity index (χ1) is 14.0. The van der Waals surface area contributed by atoms with E-state index >= 15 is 0 Å². The van der Waals surface area contributed by atoms with Crippen molar-refractivity contribution in [3.63, 3.8) is 0 Å². The van der Waals surface area contributed by atoms with Gasteiger partial charge in [-0.15, -0.1) is 11.8 Å². The number of rotatable bonds is 8. The summed E-state index contributed by atoms with van der Waals surface area (Å²) in [5.41, 5.74) is 3.88. The zero-order valence-corrected chi connectivity index (χ0v) is 18.3. The maximum absolute atomic E-state index is 12.7.